The minimum absolute atomic E-state index is 0.820. The molecule has 0 saturated heterocycles. The summed E-state index contributed by atoms with van der Waals surface area (Å²) in [4.78, 5) is 3.49. The Morgan fingerprint density at radius 2 is 2.07 bits per heavy atom. The van der Waals surface area contributed by atoms with E-state index >= 15 is 0 Å². The number of para-hydroxylation sites is 1. The molecule has 0 amide bonds. The van der Waals surface area contributed by atoms with Crippen LogP contribution < -0.4 is 16.3 Å². The number of hydrogen-bond donors (Lipinski definition) is 3. The van der Waals surface area contributed by atoms with Gasteiger partial charge < -0.3 is 4.98 Å². The third kappa shape index (κ3) is 1.25. The van der Waals surface area contributed by atoms with Crippen molar-refractivity contribution in [3.63, 3.8) is 0 Å². The van der Waals surface area contributed by atoms with E-state index in [-0.39, 0.29) is 0 Å². The van der Waals surface area contributed by atoms with Crippen molar-refractivity contribution in [2.45, 2.75) is 6.54 Å². The van der Waals surface area contributed by atoms with Crippen molar-refractivity contribution in [2.24, 2.45) is 0 Å². The molecule has 1 unspecified atom stereocenters. The van der Waals surface area contributed by atoms with Crippen LogP contribution in [0.5, 0.6) is 0 Å². The minimum Gasteiger partial charge on any atom is -0.355 e. The van der Waals surface area contributed by atoms with Crippen molar-refractivity contribution in [1.29, 1.82) is 0 Å². The maximum Gasteiger partial charge on any atom is 0.0462 e. The summed E-state index contributed by atoms with van der Waals surface area (Å²) >= 11 is 0. The van der Waals surface area contributed by atoms with Crippen LogP contribution in [0.15, 0.2) is 24.3 Å². The molecule has 4 heteroatoms. The summed E-state index contributed by atoms with van der Waals surface area (Å²) in [6.45, 7) is 0.909. The van der Waals surface area contributed by atoms with Crippen LogP contribution in [-0.4, -0.2) is 11.3 Å². The Morgan fingerprint density at radius 3 is 3.07 bits per heavy atom. The lowest BCUT2D eigenvalue weighted by Gasteiger charge is -1.99. The molecule has 0 aliphatic carbocycles. The first-order valence-corrected chi connectivity index (χ1v) is 5.95. The maximum atomic E-state index is 3.49. The van der Waals surface area contributed by atoms with Crippen molar-refractivity contribution in [1.82, 2.24) is 15.8 Å². The molecule has 1 aromatic carbocycles. The molecular weight excluding hydrogens is 193 g/mol. The molecule has 1 aliphatic rings. The molecule has 1 aliphatic heterocycles. The van der Waals surface area contributed by atoms with Crippen LogP contribution in [0.25, 0.3) is 10.9 Å². The third-order valence-electron chi connectivity index (χ3n) is 2.56. The van der Waals surface area contributed by atoms with Gasteiger partial charge in [0.2, 0.25) is 0 Å². The van der Waals surface area contributed by atoms with Crippen LogP contribution in [0.2, 0.25) is 0 Å². The van der Waals surface area contributed by atoms with Gasteiger partial charge in [0, 0.05) is 34.7 Å². The van der Waals surface area contributed by atoms with Crippen LogP contribution in [0.4, 0.5) is 0 Å². The quantitative estimate of drug-likeness (QED) is 0.562. The minimum atomic E-state index is 0.820. The second-order valence-corrected chi connectivity index (χ2v) is 4.62. The molecule has 0 saturated carbocycles. The van der Waals surface area contributed by atoms with E-state index < -0.39 is 0 Å². The average molecular weight is 205 g/mol. The molecular formula is C10H12N3P. The summed E-state index contributed by atoms with van der Waals surface area (Å²) in [6, 6.07) is 8.49. The van der Waals surface area contributed by atoms with E-state index in [1.165, 1.54) is 21.9 Å². The molecule has 0 bridgehead atoms. The Bertz CT molecular complexity index is 463. The molecule has 3 rings (SSSR count). The van der Waals surface area contributed by atoms with Crippen molar-refractivity contribution >= 4 is 24.9 Å². The van der Waals surface area contributed by atoms with E-state index in [0.717, 1.165) is 21.4 Å². The summed E-state index contributed by atoms with van der Waals surface area (Å²) in [6.07, 6.45) is 1.01. The van der Waals surface area contributed by atoms with Crippen molar-refractivity contribution < 1.29 is 0 Å². The lowest BCUT2D eigenvalue weighted by molar-refractivity contribution is 0.591. The number of fused-ring (bicyclic) bond motifs is 3. The number of aromatic nitrogens is 1. The molecule has 0 fully saturated rings. The Balaban J connectivity index is 2.24. The zero-order valence-electron chi connectivity index (χ0n) is 7.72. The first-order valence-electron chi connectivity index (χ1n) is 4.74. The lowest BCUT2D eigenvalue weighted by Crippen LogP contribution is -2.28. The van der Waals surface area contributed by atoms with Gasteiger partial charge in [0.15, 0.2) is 0 Å². The van der Waals surface area contributed by atoms with Gasteiger partial charge in [-0.1, -0.05) is 26.8 Å². The van der Waals surface area contributed by atoms with Gasteiger partial charge in [-0.3, -0.25) is 10.9 Å². The smallest absolute Gasteiger partial charge is 0.0462 e. The predicted molar refractivity (Wildman–Crippen MR) is 61.1 cm³/mol. The van der Waals surface area contributed by atoms with E-state index in [1.807, 2.05) is 0 Å². The van der Waals surface area contributed by atoms with Gasteiger partial charge in [0.25, 0.3) is 0 Å². The molecule has 14 heavy (non-hydrogen) atoms. The number of hydrazine groups is 1. The van der Waals surface area contributed by atoms with Crippen LogP contribution in [0, 0.1) is 0 Å². The molecule has 0 radical (unpaired) electrons. The fraction of sp³-hybridized carbons (Fsp3) is 0.200. The number of H-pyrrole nitrogens is 1. The predicted octanol–water partition coefficient (Wildman–Crippen LogP) is 1.04. The molecule has 72 valence electrons. The maximum absolute atomic E-state index is 3.49. The number of nitrogens with one attached hydrogen (secondary N) is 3. The normalized spacial score (nSPS) is 18.3. The van der Waals surface area contributed by atoms with Crippen molar-refractivity contribution in [3.05, 3.63) is 29.8 Å². The monoisotopic (exact) mass is 205 g/mol. The van der Waals surface area contributed by atoms with E-state index in [1.54, 1.807) is 0 Å². The number of rotatable bonds is 0. The van der Waals surface area contributed by atoms with Gasteiger partial charge in [-0.25, -0.2) is 0 Å². The molecule has 1 aromatic heterocycles. The highest BCUT2D eigenvalue weighted by atomic mass is 31.1. The number of hydrogen-bond acceptors (Lipinski definition) is 2. The second kappa shape index (κ2) is 3.35. The van der Waals surface area contributed by atoms with Crippen molar-refractivity contribution in [2.75, 3.05) is 6.29 Å². The second-order valence-electron chi connectivity index (χ2n) is 3.41. The van der Waals surface area contributed by atoms with Crippen LogP contribution in [0.1, 0.15) is 5.56 Å². The Kier molecular flexibility index (Phi) is 2.02. The zero-order valence-corrected chi connectivity index (χ0v) is 8.72. The fourth-order valence-electron chi connectivity index (χ4n) is 1.88. The summed E-state index contributed by atoms with van der Waals surface area (Å²) < 4.78 is 0. The highest BCUT2D eigenvalue weighted by Gasteiger charge is 2.12. The first kappa shape index (κ1) is 8.42. The average Bonchev–Trinajstić information content (AvgIpc) is 2.42. The standard InChI is InChI=1S/C10H12N3P/c1-2-4-9-7(3-1)8-5-11-12-6-14-10(8)13-9/h1-4,11-14H,5-6H2. The molecule has 0 spiro atoms. The van der Waals surface area contributed by atoms with Gasteiger partial charge in [0.1, 0.15) is 0 Å². The fourth-order valence-corrected chi connectivity index (χ4v) is 2.93. The first-order chi connectivity index (χ1) is 6.95. The van der Waals surface area contributed by atoms with Crippen LogP contribution in [-0.2, 0) is 6.54 Å². The van der Waals surface area contributed by atoms with E-state index in [9.17, 15) is 0 Å². The van der Waals surface area contributed by atoms with Crippen molar-refractivity contribution in [3.8, 4) is 0 Å². The highest BCUT2D eigenvalue weighted by Crippen LogP contribution is 2.22. The molecule has 3 N–H and O–H groups in total. The molecule has 2 aromatic rings. The zero-order chi connectivity index (χ0) is 9.38. The number of aromatic amines is 1. The lowest BCUT2D eigenvalue weighted by atomic mass is 10.2. The van der Waals surface area contributed by atoms with E-state index in [0.29, 0.717) is 0 Å². The third-order valence-corrected chi connectivity index (χ3v) is 3.69. The summed E-state index contributed by atoms with van der Waals surface area (Å²) in [5, 5.41) is 1.35. The van der Waals surface area contributed by atoms with Crippen LogP contribution in [0.3, 0.4) is 0 Å². The van der Waals surface area contributed by atoms with Gasteiger partial charge in [-0.05, 0) is 6.07 Å². The van der Waals surface area contributed by atoms with Gasteiger partial charge in [0.05, 0.1) is 0 Å². The summed E-state index contributed by atoms with van der Waals surface area (Å²) in [5.74, 6) is 0. The molecule has 2 heterocycles. The highest BCUT2D eigenvalue weighted by molar-refractivity contribution is 7.47. The SMILES string of the molecule is c1ccc2c3c([nH]c2c1)PCNNC3. The largest absolute Gasteiger partial charge is 0.355 e. The van der Waals surface area contributed by atoms with Gasteiger partial charge >= 0.3 is 0 Å². The topological polar surface area (TPSA) is 39.9 Å². The molecule has 3 nitrogen and oxygen atoms in total. The van der Waals surface area contributed by atoms with Gasteiger partial charge in [-0.2, -0.15) is 0 Å². The Morgan fingerprint density at radius 1 is 1.14 bits per heavy atom. The summed E-state index contributed by atoms with van der Waals surface area (Å²) in [5.41, 5.74) is 10.5. The van der Waals surface area contributed by atoms with Crippen LogP contribution >= 0.6 is 8.58 Å². The Labute approximate surface area is 84.0 Å². The number of benzene rings is 1. The van der Waals surface area contributed by atoms with Gasteiger partial charge in [-0.15, -0.1) is 0 Å². The molecule has 1 atom stereocenters. The van der Waals surface area contributed by atoms with E-state index in [4.69, 9.17) is 0 Å². The summed E-state index contributed by atoms with van der Waals surface area (Å²) in [7, 11) is 0.820. The van der Waals surface area contributed by atoms with E-state index in [2.05, 4.69) is 40.1 Å². The Hall–Kier alpha value is -0.890.